The number of hydrogen-bond acceptors (Lipinski definition) is 2. The van der Waals surface area contributed by atoms with Crippen LogP contribution in [0.15, 0.2) is 0 Å². The highest BCUT2D eigenvalue weighted by Gasteiger charge is 2.16. The monoisotopic (exact) mass is 199 g/mol. The van der Waals surface area contributed by atoms with E-state index >= 15 is 0 Å². The molecule has 12 heavy (non-hydrogen) atoms. The Morgan fingerprint density at radius 1 is 1.58 bits per heavy atom. The second-order valence-electron chi connectivity index (χ2n) is 2.36. The lowest BCUT2D eigenvalue weighted by Crippen LogP contribution is -2.36. The lowest BCUT2D eigenvalue weighted by molar-refractivity contribution is -0.131. The summed E-state index contributed by atoms with van der Waals surface area (Å²) >= 11 is 0. The van der Waals surface area contributed by atoms with Crippen LogP contribution in [-0.4, -0.2) is 34.6 Å². The Labute approximate surface area is 72.0 Å². The average Bonchev–Trinajstić information content (AvgIpc) is 1.98. The third kappa shape index (κ3) is 4.38. The molecule has 6 heteroatoms. The first-order chi connectivity index (χ1) is 5.45. The van der Waals surface area contributed by atoms with Gasteiger partial charge in [0.25, 0.3) is 5.91 Å². The molecule has 0 spiro atoms. The van der Waals surface area contributed by atoms with Crippen LogP contribution in [0.5, 0.6) is 0 Å². The molecule has 0 heterocycles. The highest BCUT2D eigenvalue weighted by atomic mass is 32.2. The Kier molecular flexibility index (Phi) is 4.96. The Morgan fingerprint density at radius 3 is 2.42 bits per heavy atom. The second-order valence-corrected chi connectivity index (χ2v) is 4.16. The van der Waals surface area contributed by atoms with Crippen molar-refractivity contribution in [3.05, 3.63) is 0 Å². The number of amides is 1. The molecule has 0 aliphatic rings. The quantitative estimate of drug-likeness (QED) is 0.699. The van der Waals surface area contributed by atoms with Gasteiger partial charge in [0, 0.05) is 28.9 Å². The topological polar surface area (TPSA) is 46.2 Å². The van der Waals surface area contributed by atoms with Gasteiger partial charge in [0.05, 0.1) is 0 Å². The van der Waals surface area contributed by atoms with Crippen molar-refractivity contribution >= 4 is 16.7 Å². The second kappa shape index (κ2) is 5.18. The summed E-state index contributed by atoms with van der Waals surface area (Å²) in [5, 5.41) is 1.68. The highest BCUT2D eigenvalue weighted by Crippen LogP contribution is 1.93. The molecule has 0 aliphatic heterocycles. The molecule has 3 nitrogen and oxygen atoms in total. The zero-order valence-electron chi connectivity index (χ0n) is 6.84. The average molecular weight is 199 g/mol. The smallest absolute Gasteiger partial charge is 0.315 e. The summed E-state index contributed by atoms with van der Waals surface area (Å²) in [4.78, 5) is 10.3. The summed E-state index contributed by atoms with van der Waals surface area (Å²) in [5.41, 5.74) is 0. The first-order valence-corrected chi connectivity index (χ1v) is 4.95. The summed E-state index contributed by atoms with van der Waals surface area (Å²) in [6.07, 6.45) is -1.54. The summed E-state index contributed by atoms with van der Waals surface area (Å²) in [7, 11) is -1.10. The molecule has 1 amide bonds. The molecule has 0 aromatic heterocycles. The molecule has 2 unspecified atom stereocenters. The molecule has 1 N–H and O–H groups in total. The van der Waals surface area contributed by atoms with E-state index in [4.69, 9.17) is 0 Å². The van der Waals surface area contributed by atoms with Crippen molar-refractivity contribution in [2.24, 2.45) is 0 Å². The van der Waals surface area contributed by atoms with Crippen molar-refractivity contribution in [1.82, 2.24) is 5.32 Å². The molecule has 72 valence electrons. The number of carbonyl (C=O) groups is 1. The van der Waals surface area contributed by atoms with Crippen molar-refractivity contribution in [1.29, 1.82) is 0 Å². The molecule has 0 aromatic carbocycles. The van der Waals surface area contributed by atoms with E-state index in [1.165, 1.54) is 6.26 Å². The minimum absolute atomic E-state index is 0.0201. The van der Waals surface area contributed by atoms with E-state index in [9.17, 15) is 17.8 Å². The molecular weight excluding hydrogens is 188 g/mol. The van der Waals surface area contributed by atoms with E-state index in [1.807, 2.05) is 5.32 Å². The van der Waals surface area contributed by atoms with E-state index in [0.29, 0.717) is 0 Å². The van der Waals surface area contributed by atoms with Crippen molar-refractivity contribution in [3.63, 3.8) is 0 Å². The Balaban J connectivity index is 3.69. The maximum Gasteiger partial charge on any atom is 0.315 e. The van der Waals surface area contributed by atoms with Gasteiger partial charge in [-0.05, 0) is 6.92 Å². The van der Waals surface area contributed by atoms with Gasteiger partial charge in [0.1, 0.15) is 0 Å². The lowest BCUT2D eigenvalue weighted by Gasteiger charge is -2.08. The van der Waals surface area contributed by atoms with E-state index in [-0.39, 0.29) is 11.8 Å². The number of alkyl halides is 2. The van der Waals surface area contributed by atoms with Crippen LogP contribution >= 0.6 is 0 Å². The summed E-state index contributed by atoms with van der Waals surface area (Å²) in [6.45, 7) is 1.63. The number of nitrogens with one attached hydrogen (secondary N) is 1. The van der Waals surface area contributed by atoms with E-state index < -0.39 is 23.1 Å². The minimum atomic E-state index is -3.00. The normalized spacial score (nSPS) is 15.8. The maximum atomic E-state index is 11.6. The molecule has 0 radical (unpaired) electrons. The number of halogens is 2. The summed E-state index contributed by atoms with van der Waals surface area (Å²) < 4.78 is 33.9. The number of carbonyl (C=O) groups excluding carboxylic acids is 1. The largest absolute Gasteiger partial charge is 0.350 e. The summed E-state index contributed by atoms with van der Waals surface area (Å²) in [6, 6.07) is 0. The number of rotatable bonds is 4. The van der Waals surface area contributed by atoms with Crippen molar-refractivity contribution in [3.8, 4) is 0 Å². The zero-order chi connectivity index (χ0) is 9.72. The van der Waals surface area contributed by atoms with Gasteiger partial charge in [-0.2, -0.15) is 8.78 Å². The van der Waals surface area contributed by atoms with E-state index in [2.05, 4.69) is 0 Å². The van der Waals surface area contributed by atoms with E-state index in [1.54, 1.807) is 6.92 Å². The molecule has 0 saturated heterocycles. The van der Waals surface area contributed by atoms with Gasteiger partial charge in [0.2, 0.25) is 0 Å². The van der Waals surface area contributed by atoms with Crippen LogP contribution in [0.25, 0.3) is 0 Å². The van der Waals surface area contributed by atoms with Gasteiger partial charge in [0.15, 0.2) is 0 Å². The Hall–Kier alpha value is -0.520. The molecule has 0 aliphatic carbocycles. The van der Waals surface area contributed by atoms with Crippen LogP contribution in [0, 0.1) is 0 Å². The molecule has 2 atom stereocenters. The maximum absolute atomic E-state index is 11.6. The number of hydrogen-bond donors (Lipinski definition) is 1. The molecular formula is C6H11F2NO2S. The van der Waals surface area contributed by atoms with E-state index in [0.717, 1.165) is 0 Å². The van der Waals surface area contributed by atoms with Crippen molar-refractivity contribution in [2.45, 2.75) is 18.6 Å². The van der Waals surface area contributed by atoms with Gasteiger partial charge in [-0.1, -0.05) is 0 Å². The minimum Gasteiger partial charge on any atom is -0.350 e. The van der Waals surface area contributed by atoms with Gasteiger partial charge >= 0.3 is 6.43 Å². The standard InChI is InChI=1S/C6H11F2NO2S/c1-4(12(2)11)3-9-6(10)5(7)8/h4-5H,3H2,1-2H3,(H,9,10). The third-order valence-electron chi connectivity index (χ3n) is 1.33. The van der Waals surface area contributed by atoms with Crippen molar-refractivity contribution < 1.29 is 17.8 Å². The molecule has 0 saturated carbocycles. The van der Waals surface area contributed by atoms with Crippen LogP contribution in [0.3, 0.4) is 0 Å². The van der Waals surface area contributed by atoms with Gasteiger partial charge < -0.3 is 5.32 Å². The van der Waals surface area contributed by atoms with Gasteiger partial charge in [-0.3, -0.25) is 9.00 Å². The predicted octanol–water partition coefficient (Wildman–Crippen LogP) is 0.135. The fourth-order valence-corrected chi connectivity index (χ4v) is 0.757. The Morgan fingerprint density at radius 2 is 2.08 bits per heavy atom. The van der Waals surface area contributed by atoms with Gasteiger partial charge in [-0.25, -0.2) is 0 Å². The zero-order valence-corrected chi connectivity index (χ0v) is 7.66. The fraction of sp³-hybridized carbons (Fsp3) is 0.833. The molecule has 0 aromatic rings. The first kappa shape index (κ1) is 11.5. The lowest BCUT2D eigenvalue weighted by atomic mass is 10.4. The third-order valence-corrected chi connectivity index (χ3v) is 2.63. The first-order valence-electron chi connectivity index (χ1n) is 3.33. The molecule has 0 rings (SSSR count). The Bertz CT molecular complexity index is 186. The van der Waals surface area contributed by atoms with Crippen molar-refractivity contribution in [2.75, 3.05) is 12.8 Å². The van der Waals surface area contributed by atoms with Gasteiger partial charge in [-0.15, -0.1) is 0 Å². The predicted molar refractivity (Wildman–Crippen MR) is 42.5 cm³/mol. The fourth-order valence-electron chi connectivity index (χ4n) is 0.439. The molecule has 0 fully saturated rings. The van der Waals surface area contributed by atoms with Crippen LogP contribution in [0.4, 0.5) is 8.78 Å². The van der Waals surface area contributed by atoms with Crippen LogP contribution in [0.1, 0.15) is 6.92 Å². The van der Waals surface area contributed by atoms with Crippen LogP contribution in [-0.2, 0) is 15.6 Å². The van der Waals surface area contributed by atoms with Crippen LogP contribution < -0.4 is 5.32 Å². The summed E-state index contributed by atoms with van der Waals surface area (Å²) in [5.74, 6) is -1.31. The van der Waals surface area contributed by atoms with Crippen LogP contribution in [0.2, 0.25) is 0 Å². The molecule has 0 bridgehead atoms. The highest BCUT2D eigenvalue weighted by molar-refractivity contribution is 7.84. The SMILES string of the molecule is CC(CNC(=O)C(F)F)S(C)=O.